The van der Waals surface area contributed by atoms with E-state index in [1.807, 2.05) is 87.5 Å². The second kappa shape index (κ2) is 8.52. The molecule has 0 radical (unpaired) electrons. The monoisotopic (exact) mass is 456 g/mol. The fraction of sp³-hybridized carbons (Fsp3) is 0.286. The summed E-state index contributed by atoms with van der Waals surface area (Å²) in [5, 5.41) is 3.06. The molecule has 0 bridgehead atoms. The lowest BCUT2D eigenvalue weighted by atomic mass is 9.87. The average molecular weight is 457 g/mol. The zero-order valence-corrected chi connectivity index (χ0v) is 19.6. The highest BCUT2D eigenvalue weighted by molar-refractivity contribution is 6.02. The van der Waals surface area contributed by atoms with Crippen molar-refractivity contribution in [3.8, 4) is 17.2 Å². The summed E-state index contributed by atoms with van der Waals surface area (Å²) in [5.74, 6) is 1.35. The van der Waals surface area contributed by atoms with Gasteiger partial charge in [0.2, 0.25) is 11.8 Å². The maximum absolute atomic E-state index is 13.6. The molecule has 0 unspecified atom stereocenters. The molecule has 0 saturated carbocycles. The molecule has 2 heterocycles. The number of carbonyl (C=O) groups is 2. The lowest BCUT2D eigenvalue weighted by Crippen LogP contribution is -2.42. The van der Waals surface area contributed by atoms with Crippen LogP contribution in [-0.4, -0.2) is 25.0 Å². The van der Waals surface area contributed by atoms with Gasteiger partial charge >= 0.3 is 0 Å². The van der Waals surface area contributed by atoms with Gasteiger partial charge in [0, 0.05) is 29.4 Å². The maximum atomic E-state index is 13.6. The van der Waals surface area contributed by atoms with E-state index in [4.69, 9.17) is 9.47 Å². The molecule has 3 aromatic carbocycles. The van der Waals surface area contributed by atoms with Crippen LogP contribution in [0.2, 0.25) is 0 Å². The maximum Gasteiger partial charge on any atom is 0.236 e. The molecule has 0 fully saturated rings. The SMILES string of the molecule is CCCN1C(=O)C(C)(C)COc2cc(NC(=O)C3c4ccccc4Oc4ccccc43)ccc21. The van der Waals surface area contributed by atoms with Gasteiger partial charge in [0.05, 0.1) is 17.0 Å². The number of ether oxygens (including phenoxy) is 2. The number of nitrogens with one attached hydrogen (secondary N) is 1. The van der Waals surface area contributed by atoms with Gasteiger partial charge < -0.3 is 19.7 Å². The lowest BCUT2D eigenvalue weighted by molar-refractivity contribution is -0.127. The van der Waals surface area contributed by atoms with E-state index in [0.29, 0.717) is 29.5 Å². The molecule has 6 nitrogen and oxygen atoms in total. The zero-order valence-electron chi connectivity index (χ0n) is 19.6. The molecule has 0 saturated heterocycles. The molecule has 5 rings (SSSR count). The highest BCUT2D eigenvalue weighted by Crippen LogP contribution is 2.45. The summed E-state index contributed by atoms with van der Waals surface area (Å²) in [5.41, 5.74) is 2.37. The van der Waals surface area contributed by atoms with E-state index in [9.17, 15) is 9.59 Å². The van der Waals surface area contributed by atoms with Crippen molar-refractivity contribution in [1.82, 2.24) is 0 Å². The molecular weight excluding hydrogens is 428 g/mol. The molecule has 174 valence electrons. The lowest BCUT2D eigenvalue weighted by Gasteiger charge is -2.28. The van der Waals surface area contributed by atoms with Crippen LogP contribution in [0.25, 0.3) is 0 Å². The van der Waals surface area contributed by atoms with E-state index in [1.165, 1.54) is 0 Å². The first-order chi connectivity index (χ1) is 16.4. The number of nitrogens with zero attached hydrogens (tertiary/aromatic N) is 1. The van der Waals surface area contributed by atoms with Gasteiger partial charge in [-0.25, -0.2) is 0 Å². The van der Waals surface area contributed by atoms with E-state index in [0.717, 1.165) is 23.2 Å². The summed E-state index contributed by atoms with van der Waals surface area (Å²) in [6.45, 7) is 6.72. The molecular formula is C28H28N2O4. The van der Waals surface area contributed by atoms with Gasteiger partial charge in [-0.05, 0) is 44.5 Å². The Morgan fingerprint density at radius 1 is 1.00 bits per heavy atom. The van der Waals surface area contributed by atoms with E-state index in [-0.39, 0.29) is 18.4 Å². The average Bonchev–Trinajstić information content (AvgIpc) is 2.92. The van der Waals surface area contributed by atoms with Crippen LogP contribution in [-0.2, 0) is 9.59 Å². The van der Waals surface area contributed by atoms with Gasteiger partial charge in [0.15, 0.2) is 0 Å². The predicted octanol–water partition coefficient (Wildman–Crippen LogP) is 5.72. The van der Waals surface area contributed by atoms with Crippen LogP contribution in [0, 0.1) is 5.41 Å². The second-order valence-electron chi connectivity index (χ2n) is 9.41. The van der Waals surface area contributed by atoms with E-state index in [1.54, 1.807) is 4.90 Å². The van der Waals surface area contributed by atoms with Crippen LogP contribution in [0.1, 0.15) is 44.2 Å². The third-order valence-electron chi connectivity index (χ3n) is 6.32. The minimum absolute atomic E-state index is 0.0419. The Labute approximate surface area is 199 Å². The molecule has 0 aromatic heterocycles. The zero-order chi connectivity index (χ0) is 23.9. The summed E-state index contributed by atoms with van der Waals surface area (Å²) >= 11 is 0. The standard InChI is InChI=1S/C28H28N2O4/c1-4-15-30-21-14-13-18(16-24(21)33-17-28(2,3)27(30)32)29-26(31)25-19-9-5-7-11-22(19)34-23-12-8-6-10-20(23)25/h5-14,16,25H,4,15,17H2,1-3H3,(H,29,31). The van der Waals surface area contributed by atoms with E-state index < -0.39 is 11.3 Å². The van der Waals surface area contributed by atoms with Crippen molar-refractivity contribution in [3.05, 3.63) is 77.9 Å². The summed E-state index contributed by atoms with van der Waals surface area (Å²) in [4.78, 5) is 28.5. The highest BCUT2D eigenvalue weighted by atomic mass is 16.5. The number of benzene rings is 3. The molecule has 2 aliphatic rings. The number of para-hydroxylation sites is 2. The quantitative estimate of drug-likeness (QED) is 0.545. The fourth-order valence-corrected chi connectivity index (χ4v) is 4.58. The number of hydrogen-bond donors (Lipinski definition) is 1. The Bertz CT molecular complexity index is 1220. The van der Waals surface area contributed by atoms with Gasteiger partial charge in [-0.3, -0.25) is 9.59 Å². The minimum Gasteiger partial charge on any atom is -0.490 e. The molecule has 1 N–H and O–H groups in total. The third-order valence-corrected chi connectivity index (χ3v) is 6.32. The molecule has 2 amide bonds. The fourth-order valence-electron chi connectivity index (χ4n) is 4.58. The second-order valence-corrected chi connectivity index (χ2v) is 9.41. The molecule has 0 aliphatic carbocycles. The van der Waals surface area contributed by atoms with E-state index >= 15 is 0 Å². The van der Waals surface area contributed by atoms with Gasteiger partial charge in [-0.1, -0.05) is 43.3 Å². The number of fused-ring (bicyclic) bond motifs is 3. The third kappa shape index (κ3) is 3.79. The smallest absolute Gasteiger partial charge is 0.236 e. The Morgan fingerprint density at radius 3 is 2.29 bits per heavy atom. The summed E-state index contributed by atoms with van der Waals surface area (Å²) in [6, 6.07) is 20.7. The topological polar surface area (TPSA) is 67.9 Å². The predicted molar refractivity (Wildman–Crippen MR) is 132 cm³/mol. The van der Waals surface area contributed by atoms with Crippen LogP contribution in [0.5, 0.6) is 17.2 Å². The van der Waals surface area contributed by atoms with Crippen molar-refractivity contribution in [2.24, 2.45) is 5.41 Å². The Morgan fingerprint density at radius 2 is 1.65 bits per heavy atom. The Hall–Kier alpha value is -3.80. The molecule has 0 atom stereocenters. The first-order valence-corrected chi connectivity index (χ1v) is 11.6. The first kappa shape index (κ1) is 22.0. The van der Waals surface area contributed by atoms with Crippen LogP contribution < -0.4 is 19.7 Å². The van der Waals surface area contributed by atoms with Crippen molar-refractivity contribution >= 4 is 23.2 Å². The normalized spacial score (nSPS) is 16.3. The number of amides is 2. The molecule has 2 aliphatic heterocycles. The minimum atomic E-state index is -0.632. The van der Waals surface area contributed by atoms with Gasteiger partial charge in [0.25, 0.3) is 0 Å². The number of rotatable bonds is 4. The number of hydrogen-bond acceptors (Lipinski definition) is 4. The van der Waals surface area contributed by atoms with Crippen molar-refractivity contribution in [2.45, 2.75) is 33.1 Å². The summed E-state index contributed by atoms with van der Waals surface area (Å²) < 4.78 is 12.1. The van der Waals surface area contributed by atoms with E-state index in [2.05, 4.69) is 5.32 Å². The number of carbonyl (C=O) groups excluding carboxylic acids is 2. The number of anilines is 2. The van der Waals surface area contributed by atoms with Crippen LogP contribution in [0.15, 0.2) is 66.7 Å². The van der Waals surface area contributed by atoms with Gasteiger partial charge in [-0.15, -0.1) is 0 Å². The van der Waals surface area contributed by atoms with Crippen LogP contribution in [0.3, 0.4) is 0 Å². The first-order valence-electron chi connectivity index (χ1n) is 11.6. The molecule has 3 aromatic rings. The highest BCUT2D eigenvalue weighted by Gasteiger charge is 2.38. The van der Waals surface area contributed by atoms with Crippen molar-refractivity contribution < 1.29 is 19.1 Å². The van der Waals surface area contributed by atoms with Gasteiger partial charge in [0.1, 0.15) is 23.9 Å². The molecule has 34 heavy (non-hydrogen) atoms. The van der Waals surface area contributed by atoms with Crippen LogP contribution in [0.4, 0.5) is 11.4 Å². The van der Waals surface area contributed by atoms with Gasteiger partial charge in [-0.2, -0.15) is 0 Å². The summed E-state index contributed by atoms with van der Waals surface area (Å²) in [6.07, 6.45) is 0.836. The molecule has 0 spiro atoms. The summed E-state index contributed by atoms with van der Waals surface area (Å²) in [7, 11) is 0. The Balaban J connectivity index is 1.47. The largest absolute Gasteiger partial charge is 0.490 e. The van der Waals surface area contributed by atoms with Crippen molar-refractivity contribution in [1.29, 1.82) is 0 Å². The van der Waals surface area contributed by atoms with Crippen LogP contribution >= 0.6 is 0 Å². The van der Waals surface area contributed by atoms with Crippen molar-refractivity contribution in [2.75, 3.05) is 23.4 Å². The molecule has 6 heteroatoms. The Kier molecular flexibility index (Phi) is 5.52. The van der Waals surface area contributed by atoms with Crippen molar-refractivity contribution in [3.63, 3.8) is 0 Å².